The van der Waals surface area contributed by atoms with Gasteiger partial charge in [0.15, 0.2) is 5.78 Å². The van der Waals surface area contributed by atoms with Crippen molar-refractivity contribution >= 4 is 28.4 Å². The molecular formula is C31H35NO4. The average Bonchev–Trinajstić information content (AvgIpc) is 3.38. The van der Waals surface area contributed by atoms with E-state index < -0.39 is 10.8 Å². The second-order valence-corrected chi connectivity index (χ2v) is 11.8. The summed E-state index contributed by atoms with van der Waals surface area (Å²) in [6.07, 6.45) is 7.26. The summed E-state index contributed by atoms with van der Waals surface area (Å²) in [5.74, 6) is 0.456. The van der Waals surface area contributed by atoms with E-state index in [4.69, 9.17) is 4.74 Å². The van der Waals surface area contributed by atoms with Crippen molar-refractivity contribution < 1.29 is 19.1 Å². The molecule has 5 nitrogen and oxygen atoms in total. The normalized spacial score (nSPS) is 33.6. The molecule has 0 unspecified atom stereocenters. The summed E-state index contributed by atoms with van der Waals surface area (Å²) in [7, 11) is 1.41. The van der Waals surface area contributed by atoms with E-state index in [1.165, 1.54) is 34.8 Å². The number of fused-ring (bicyclic) bond motifs is 5. The lowest BCUT2D eigenvalue weighted by Crippen LogP contribution is -2.54. The highest BCUT2D eigenvalue weighted by Gasteiger charge is 2.68. The standard InChI is InChI=1S/C31H35NO4/c1-17-13-21-14-19(6-10-27(21)32-17)25-16-30(3)26(11-12-31(30,18(2)33)29(35)36-4)24-8-5-20-15-22(34)7-9-23(20)28(24)25/h6,10,13-15,24-26,32H,5,7-9,11-12,16H2,1-4H3/t24-,25+,26-,30-,31+/m0/s1. The van der Waals surface area contributed by atoms with E-state index in [2.05, 4.69) is 43.1 Å². The van der Waals surface area contributed by atoms with Gasteiger partial charge in [0.25, 0.3) is 0 Å². The van der Waals surface area contributed by atoms with Crippen molar-refractivity contribution in [1.82, 2.24) is 4.98 Å². The molecule has 1 heterocycles. The second kappa shape index (κ2) is 8.03. The van der Waals surface area contributed by atoms with E-state index in [0.29, 0.717) is 18.8 Å². The fourth-order valence-corrected chi connectivity index (χ4v) is 8.73. The minimum absolute atomic E-state index is 0.0643. The highest BCUT2D eigenvalue weighted by molar-refractivity contribution is 6.04. The number of aromatic amines is 1. The summed E-state index contributed by atoms with van der Waals surface area (Å²) < 4.78 is 5.33. The van der Waals surface area contributed by atoms with E-state index in [9.17, 15) is 14.4 Å². The molecule has 36 heavy (non-hydrogen) atoms. The van der Waals surface area contributed by atoms with Crippen LogP contribution in [0.4, 0.5) is 0 Å². The Morgan fingerprint density at radius 2 is 1.92 bits per heavy atom. The molecule has 2 aromatic rings. The summed E-state index contributed by atoms with van der Waals surface area (Å²) in [5.41, 5.74) is 5.96. The number of methoxy groups -OCH3 is 1. The van der Waals surface area contributed by atoms with Gasteiger partial charge >= 0.3 is 5.97 Å². The van der Waals surface area contributed by atoms with E-state index in [1.54, 1.807) is 6.92 Å². The molecule has 0 aliphatic heterocycles. The smallest absolute Gasteiger partial charge is 0.319 e. The molecule has 5 atom stereocenters. The maximum atomic E-state index is 13.4. The van der Waals surface area contributed by atoms with Gasteiger partial charge in [-0.2, -0.15) is 0 Å². The number of aromatic nitrogens is 1. The van der Waals surface area contributed by atoms with Gasteiger partial charge in [-0.1, -0.05) is 18.6 Å². The van der Waals surface area contributed by atoms with Crippen molar-refractivity contribution in [2.75, 3.05) is 7.11 Å². The Labute approximate surface area is 212 Å². The van der Waals surface area contributed by atoms with Crippen molar-refractivity contribution in [2.24, 2.45) is 22.7 Å². The first-order valence-electron chi connectivity index (χ1n) is 13.3. The summed E-state index contributed by atoms with van der Waals surface area (Å²) in [6, 6.07) is 8.83. The van der Waals surface area contributed by atoms with E-state index in [0.717, 1.165) is 43.3 Å². The van der Waals surface area contributed by atoms with E-state index >= 15 is 0 Å². The van der Waals surface area contributed by atoms with Crippen LogP contribution in [0.25, 0.3) is 10.9 Å². The molecule has 1 aromatic heterocycles. The molecule has 4 aliphatic rings. The third-order valence-electron chi connectivity index (χ3n) is 10.2. The van der Waals surface area contributed by atoms with Crippen LogP contribution in [0.3, 0.4) is 0 Å². The Kier molecular flexibility index (Phi) is 5.23. The Balaban J connectivity index is 1.57. The van der Waals surface area contributed by atoms with Crippen molar-refractivity contribution in [3.8, 4) is 0 Å². The molecular weight excluding hydrogens is 450 g/mol. The minimum Gasteiger partial charge on any atom is -0.468 e. The number of Topliss-reactive ketones (excluding diaryl/α,β-unsaturated/α-hetero) is 1. The number of carbonyl (C=O) groups excluding carboxylic acids is 3. The van der Waals surface area contributed by atoms with Gasteiger partial charge in [-0.3, -0.25) is 14.4 Å². The molecule has 5 heteroatoms. The van der Waals surface area contributed by atoms with Gasteiger partial charge in [-0.25, -0.2) is 0 Å². The lowest BCUT2D eigenvalue weighted by molar-refractivity contribution is -0.168. The Bertz CT molecular complexity index is 1380. The molecule has 0 spiro atoms. The highest BCUT2D eigenvalue weighted by Crippen LogP contribution is 2.70. The number of allylic oxidation sites excluding steroid dienone is 4. The minimum atomic E-state index is -1.10. The zero-order valence-electron chi connectivity index (χ0n) is 21.7. The van der Waals surface area contributed by atoms with Crippen LogP contribution in [-0.4, -0.2) is 29.6 Å². The number of carbonyl (C=O) groups is 3. The maximum absolute atomic E-state index is 13.4. The number of ketones is 2. The largest absolute Gasteiger partial charge is 0.468 e. The number of aryl methyl sites for hydroxylation is 1. The number of hydrogen-bond donors (Lipinski definition) is 1. The number of ether oxygens (including phenoxy) is 1. The van der Waals surface area contributed by atoms with Crippen molar-refractivity contribution in [1.29, 1.82) is 0 Å². The highest BCUT2D eigenvalue weighted by atomic mass is 16.5. The predicted octanol–water partition coefficient (Wildman–Crippen LogP) is 6.12. The predicted molar refractivity (Wildman–Crippen MR) is 138 cm³/mol. The molecule has 1 N–H and O–H groups in total. The first-order chi connectivity index (χ1) is 17.2. The van der Waals surface area contributed by atoms with Crippen LogP contribution in [0.2, 0.25) is 0 Å². The fourth-order valence-electron chi connectivity index (χ4n) is 8.73. The molecule has 0 saturated heterocycles. The fraction of sp³-hybridized carbons (Fsp3) is 0.516. The molecule has 6 rings (SSSR count). The van der Waals surface area contributed by atoms with Gasteiger partial charge in [-0.05, 0) is 116 Å². The molecule has 0 radical (unpaired) electrons. The Hall–Kier alpha value is -2.95. The number of nitrogens with one attached hydrogen (secondary N) is 1. The molecule has 4 aliphatic carbocycles. The molecule has 0 bridgehead atoms. The first kappa shape index (κ1) is 23.4. The second-order valence-electron chi connectivity index (χ2n) is 11.8. The van der Waals surface area contributed by atoms with Crippen molar-refractivity contribution in [3.63, 3.8) is 0 Å². The summed E-state index contributed by atoms with van der Waals surface area (Å²) in [6.45, 7) is 5.84. The van der Waals surface area contributed by atoms with Gasteiger partial charge in [0, 0.05) is 23.5 Å². The Morgan fingerprint density at radius 1 is 1.11 bits per heavy atom. The van der Waals surface area contributed by atoms with Crippen LogP contribution in [0, 0.1) is 29.6 Å². The van der Waals surface area contributed by atoms with Gasteiger partial charge in [0.1, 0.15) is 11.2 Å². The molecule has 1 aromatic carbocycles. The Morgan fingerprint density at radius 3 is 2.67 bits per heavy atom. The third kappa shape index (κ3) is 3.04. The first-order valence-corrected chi connectivity index (χ1v) is 13.3. The number of esters is 1. The lowest BCUT2D eigenvalue weighted by Gasteiger charge is -2.54. The molecule has 2 saturated carbocycles. The number of hydrogen-bond acceptors (Lipinski definition) is 4. The molecule has 188 valence electrons. The molecule has 2 fully saturated rings. The third-order valence-corrected chi connectivity index (χ3v) is 10.2. The monoisotopic (exact) mass is 485 g/mol. The van der Waals surface area contributed by atoms with Gasteiger partial charge in [0.05, 0.1) is 7.11 Å². The number of rotatable bonds is 3. The topological polar surface area (TPSA) is 76.2 Å². The average molecular weight is 486 g/mol. The zero-order valence-corrected chi connectivity index (χ0v) is 21.7. The van der Waals surface area contributed by atoms with E-state index in [-0.39, 0.29) is 29.4 Å². The summed E-state index contributed by atoms with van der Waals surface area (Å²) >= 11 is 0. The van der Waals surface area contributed by atoms with Crippen LogP contribution in [0.15, 0.2) is 47.1 Å². The van der Waals surface area contributed by atoms with Gasteiger partial charge < -0.3 is 9.72 Å². The molecule has 0 amide bonds. The van der Waals surface area contributed by atoms with Gasteiger partial charge in [0.2, 0.25) is 0 Å². The quantitative estimate of drug-likeness (QED) is 0.419. The van der Waals surface area contributed by atoms with Crippen LogP contribution >= 0.6 is 0 Å². The maximum Gasteiger partial charge on any atom is 0.319 e. The van der Waals surface area contributed by atoms with Gasteiger partial charge in [-0.15, -0.1) is 0 Å². The summed E-state index contributed by atoms with van der Waals surface area (Å²) in [4.78, 5) is 42.4. The summed E-state index contributed by atoms with van der Waals surface area (Å²) in [5, 5.41) is 1.18. The van der Waals surface area contributed by atoms with Crippen LogP contribution in [0.1, 0.15) is 76.0 Å². The number of H-pyrrole nitrogens is 1. The SMILES string of the molecule is COC(=O)[C@]1(C(C)=O)CC[C@H]2[C@@H]3CCC4=CC(=O)CCC4=C3[C@@H](c3ccc4[nH]c(C)cc4c3)C[C@@]21C. The van der Waals surface area contributed by atoms with Crippen molar-refractivity contribution in [2.45, 2.75) is 71.6 Å². The van der Waals surface area contributed by atoms with Crippen molar-refractivity contribution in [3.05, 3.63) is 58.3 Å². The zero-order chi connectivity index (χ0) is 25.4. The van der Waals surface area contributed by atoms with Crippen LogP contribution in [-0.2, 0) is 19.1 Å². The van der Waals surface area contributed by atoms with Crippen LogP contribution < -0.4 is 0 Å². The van der Waals surface area contributed by atoms with Crippen LogP contribution in [0.5, 0.6) is 0 Å². The lowest BCUT2D eigenvalue weighted by atomic mass is 9.48. The van der Waals surface area contributed by atoms with E-state index in [1.807, 2.05) is 6.08 Å². The number of benzene rings is 1.